The van der Waals surface area contributed by atoms with E-state index in [0.29, 0.717) is 17.1 Å². The minimum Gasteiger partial charge on any atom is -0.324 e. The molecule has 0 aliphatic heterocycles. The first kappa shape index (κ1) is 15.8. The van der Waals surface area contributed by atoms with Gasteiger partial charge in [0, 0.05) is 5.02 Å². The van der Waals surface area contributed by atoms with Gasteiger partial charge in [-0.05, 0) is 54.2 Å². The fourth-order valence-electron chi connectivity index (χ4n) is 3.26. The van der Waals surface area contributed by atoms with Crippen molar-refractivity contribution in [1.82, 2.24) is 14.8 Å². The molecule has 0 fully saturated rings. The van der Waals surface area contributed by atoms with Crippen molar-refractivity contribution < 1.29 is 4.79 Å². The van der Waals surface area contributed by atoms with Gasteiger partial charge < -0.3 is 5.32 Å². The molecule has 2 aromatic carbocycles. The maximum atomic E-state index is 12.5. The Bertz CT molecular complexity index is 921. The molecule has 1 N–H and O–H groups in total. The van der Waals surface area contributed by atoms with Crippen LogP contribution < -0.4 is 5.32 Å². The highest BCUT2D eigenvalue weighted by atomic mass is 35.5. The molecular weight excluding hydrogens is 336 g/mol. The first-order valence-electron chi connectivity index (χ1n) is 8.24. The van der Waals surface area contributed by atoms with Gasteiger partial charge in [-0.15, -0.1) is 0 Å². The number of aryl methyl sites for hydroxylation is 2. The van der Waals surface area contributed by atoms with Crippen molar-refractivity contribution >= 4 is 23.2 Å². The highest BCUT2D eigenvalue weighted by Crippen LogP contribution is 2.25. The number of halogens is 1. The van der Waals surface area contributed by atoms with Gasteiger partial charge in [-0.1, -0.05) is 29.8 Å². The molecule has 6 heteroatoms. The first-order valence-corrected chi connectivity index (χ1v) is 8.62. The van der Waals surface area contributed by atoms with Gasteiger partial charge >= 0.3 is 0 Å². The number of amides is 1. The summed E-state index contributed by atoms with van der Waals surface area (Å²) in [5.74, 6) is -0.0819. The molecule has 0 bridgehead atoms. The molecule has 0 saturated heterocycles. The molecule has 126 valence electrons. The van der Waals surface area contributed by atoms with Crippen LogP contribution in [0.15, 0.2) is 49.1 Å². The van der Waals surface area contributed by atoms with Crippen LogP contribution in [-0.2, 0) is 24.1 Å². The number of rotatable bonds is 4. The highest BCUT2D eigenvalue weighted by molar-refractivity contribution is 6.31. The fourth-order valence-corrected chi connectivity index (χ4v) is 3.43. The van der Waals surface area contributed by atoms with Gasteiger partial charge in [-0.25, -0.2) is 9.67 Å². The molecule has 1 aliphatic rings. The van der Waals surface area contributed by atoms with Crippen LogP contribution in [0.5, 0.6) is 0 Å². The number of fused-ring (bicyclic) bond motifs is 1. The molecule has 1 amide bonds. The number of anilines is 1. The van der Waals surface area contributed by atoms with Crippen LogP contribution >= 0.6 is 11.6 Å². The van der Waals surface area contributed by atoms with Crippen molar-refractivity contribution in [3.63, 3.8) is 0 Å². The fraction of sp³-hybridized carbons (Fsp3) is 0.211. The molecule has 25 heavy (non-hydrogen) atoms. The summed E-state index contributed by atoms with van der Waals surface area (Å²) in [5, 5.41) is 7.61. The quantitative estimate of drug-likeness (QED) is 0.780. The number of benzene rings is 2. The Labute approximate surface area is 150 Å². The van der Waals surface area contributed by atoms with Crippen molar-refractivity contribution in [3.8, 4) is 5.69 Å². The number of carbonyl (C=O) groups excluding carboxylic acids is 1. The molecule has 0 atom stereocenters. The third-order valence-electron chi connectivity index (χ3n) is 4.43. The van der Waals surface area contributed by atoms with Crippen LogP contribution in [0.2, 0.25) is 5.02 Å². The largest absolute Gasteiger partial charge is 0.324 e. The second kappa shape index (κ2) is 6.69. The summed E-state index contributed by atoms with van der Waals surface area (Å²) in [6.45, 7) is 0. The first-order chi connectivity index (χ1) is 12.2. The maximum absolute atomic E-state index is 12.5. The predicted molar refractivity (Wildman–Crippen MR) is 97.2 cm³/mol. The number of hydrogen-bond donors (Lipinski definition) is 1. The van der Waals surface area contributed by atoms with Gasteiger partial charge in [0.15, 0.2) is 0 Å². The van der Waals surface area contributed by atoms with E-state index in [1.165, 1.54) is 23.9 Å². The summed E-state index contributed by atoms with van der Waals surface area (Å²) < 4.78 is 1.60. The zero-order chi connectivity index (χ0) is 17.2. The molecule has 4 rings (SSSR count). The average Bonchev–Trinajstić information content (AvgIpc) is 3.25. The van der Waals surface area contributed by atoms with Crippen LogP contribution in [0.4, 0.5) is 5.69 Å². The van der Waals surface area contributed by atoms with Gasteiger partial charge in [-0.3, -0.25) is 4.79 Å². The molecule has 1 aromatic heterocycles. The Morgan fingerprint density at radius 3 is 2.88 bits per heavy atom. The van der Waals surface area contributed by atoms with Gasteiger partial charge in [0.1, 0.15) is 12.7 Å². The minimum atomic E-state index is -0.0819. The third kappa shape index (κ3) is 3.42. The summed E-state index contributed by atoms with van der Waals surface area (Å²) in [5.41, 5.74) is 5.15. The smallest absolute Gasteiger partial charge is 0.228 e. The SMILES string of the molecule is O=C(Cc1ccc2c(c1)CCC2)Nc1cc(Cl)ccc1-n1cncn1. The lowest BCUT2D eigenvalue weighted by atomic mass is 10.0. The van der Waals surface area contributed by atoms with E-state index >= 15 is 0 Å². The Kier molecular flexibility index (Phi) is 4.24. The van der Waals surface area contributed by atoms with E-state index in [-0.39, 0.29) is 5.91 Å². The van der Waals surface area contributed by atoms with E-state index in [1.807, 2.05) is 12.1 Å². The van der Waals surface area contributed by atoms with Gasteiger partial charge in [0.25, 0.3) is 0 Å². The van der Waals surface area contributed by atoms with Gasteiger partial charge in [0.2, 0.25) is 5.91 Å². The van der Waals surface area contributed by atoms with Crippen molar-refractivity contribution in [3.05, 3.63) is 70.8 Å². The number of nitrogens with one attached hydrogen (secondary N) is 1. The van der Waals surface area contributed by atoms with Crippen molar-refractivity contribution in [1.29, 1.82) is 0 Å². The summed E-state index contributed by atoms with van der Waals surface area (Å²) >= 11 is 6.09. The van der Waals surface area contributed by atoms with Crippen molar-refractivity contribution in [2.24, 2.45) is 0 Å². The second-order valence-electron chi connectivity index (χ2n) is 6.18. The Morgan fingerprint density at radius 2 is 2.04 bits per heavy atom. The summed E-state index contributed by atoms with van der Waals surface area (Å²) in [6, 6.07) is 11.6. The predicted octanol–water partition coefficient (Wildman–Crippen LogP) is 3.59. The van der Waals surface area contributed by atoms with E-state index in [1.54, 1.807) is 23.1 Å². The summed E-state index contributed by atoms with van der Waals surface area (Å²) in [6.07, 6.45) is 6.82. The van der Waals surface area contributed by atoms with Crippen LogP contribution in [0.3, 0.4) is 0 Å². The average molecular weight is 353 g/mol. The Morgan fingerprint density at radius 1 is 1.16 bits per heavy atom. The normalized spacial score (nSPS) is 12.8. The second-order valence-corrected chi connectivity index (χ2v) is 6.62. The summed E-state index contributed by atoms with van der Waals surface area (Å²) in [4.78, 5) is 16.5. The van der Waals surface area contributed by atoms with E-state index in [2.05, 4.69) is 27.5 Å². The molecule has 5 nitrogen and oxygen atoms in total. The van der Waals surface area contributed by atoms with Crippen LogP contribution in [0.1, 0.15) is 23.1 Å². The van der Waals surface area contributed by atoms with E-state index in [0.717, 1.165) is 24.1 Å². The third-order valence-corrected chi connectivity index (χ3v) is 4.66. The van der Waals surface area contributed by atoms with Crippen LogP contribution in [0.25, 0.3) is 5.69 Å². The van der Waals surface area contributed by atoms with Gasteiger partial charge in [-0.2, -0.15) is 5.10 Å². The lowest BCUT2D eigenvalue weighted by Crippen LogP contribution is -2.16. The maximum Gasteiger partial charge on any atom is 0.228 e. The number of nitrogens with zero attached hydrogens (tertiary/aromatic N) is 3. The molecule has 1 aliphatic carbocycles. The van der Waals surface area contributed by atoms with Crippen molar-refractivity contribution in [2.75, 3.05) is 5.32 Å². The van der Waals surface area contributed by atoms with E-state index in [4.69, 9.17) is 11.6 Å². The minimum absolute atomic E-state index is 0.0819. The standard InChI is InChI=1S/C19H17ClN4O/c20-16-6-7-18(24-12-21-11-22-24)17(10-16)23-19(25)9-13-4-5-14-2-1-3-15(14)8-13/h4-8,10-12H,1-3,9H2,(H,23,25). The van der Waals surface area contributed by atoms with Crippen LogP contribution in [0, 0.1) is 0 Å². The number of hydrogen-bond acceptors (Lipinski definition) is 3. The van der Waals surface area contributed by atoms with Crippen molar-refractivity contribution in [2.45, 2.75) is 25.7 Å². The van der Waals surface area contributed by atoms with E-state index in [9.17, 15) is 4.79 Å². The Hall–Kier alpha value is -2.66. The molecule has 1 heterocycles. The van der Waals surface area contributed by atoms with Crippen LogP contribution in [-0.4, -0.2) is 20.7 Å². The number of carbonyl (C=O) groups is 1. The topological polar surface area (TPSA) is 59.8 Å². The molecule has 0 saturated carbocycles. The van der Waals surface area contributed by atoms with E-state index < -0.39 is 0 Å². The monoisotopic (exact) mass is 352 g/mol. The lowest BCUT2D eigenvalue weighted by Gasteiger charge is -2.12. The summed E-state index contributed by atoms with van der Waals surface area (Å²) in [7, 11) is 0. The Balaban J connectivity index is 1.54. The zero-order valence-electron chi connectivity index (χ0n) is 13.6. The molecule has 3 aromatic rings. The molecular formula is C19H17ClN4O. The lowest BCUT2D eigenvalue weighted by molar-refractivity contribution is -0.115. The number of aromatic nitrogens is 3. The zero-order valence-corrected chi connectivity index (χ0v) is 14.3. The van der Waals surface area contributed by atoms with Gasteiger partial charge in [0.05, 0.1) is 17.8 Å². The molecule has 0 unspecified atom stereocenters. The molecule has 0 radical (unpaired) electrons. The molecule has 0 spiro atoms. The highest BCUT2D eigenvalue weighted by Gasteiger charge is 2.14.